The zero-order valence-electron chi connectivity index (χ0n) is 16.8. The lowest BCUT2D eigenvalue weighted by Crippen LogP contribution is -2.33. The van der Waals surface area contributed by atoms with Crippen LogP contribution in [-0.2, 0) is 9.59 Å². The van der Waals surface area contributed by atoms with Crippen molar-refractivity contribution in [2.75, 3.05) is 4.90 Å². The van der Waals surface area contributed by atoms with E-state index in [2.05, 4.69) is 41.4 Å². The normalized spacial score (nSPS) is 25.9. The van der Waals surface area contributed by atoms with E-state index < -0.39 is 0 Å². The van der Waals surface area contributed by atoms with Crippen LogP contribution in [0, 0.1) is 23.7 Å². The second kappa shape index (κ2) is 6.88. The Morgan fingerprint density at radius 2 is 1.19 bits per heavy atom. The molecule has 1 aromatic heterocycles. The summed E-state index contributed by atoms with van der Waals surface area (Å²) in [4.78, 5) is 32.4. The van der Waals surface area contributed by atoms with Crippen molar-refractivity contribution in [2.24, 2.45) is 23.7 Å². The van der Waals surface area contributed by atoms with Crippen LogP contribution in [-0.4, -0.2) is 16.8 Å². The molecule has 1 saturated carbocycles. The van der Waals surface area contributed by atoms with Gasteiger partial charge in [0, 0.05) is 18.0 Å². The Kier molecular flexibility index (Phi) is 4.00. The van der Waals surface area contributed by atoms with Crippen molar-refractivity contribution in [1.29, 1.82) is 0 Å². The van der Waals surface area contributed by atoms with Crippen molar-refractivity contribution in [3.63, 3.8) is 0 Å². The van der Waals surface area contributed by atoms with Gasteiger partial charge in [0.2, 0.25) is 11.8 Å². The number of fused-ring (bicyclic) bond motifs is 5. The number of nitrogens with zero attached hydrogens (tertiary/aromatic N) is 2. The number of anilines is 1. The Labute approximate surface area is 180 Å². The molecule has 1 aliphatic heterocycles. The first-order valence-corrected chi connectivity index (χ1v) is 10.6. The lowest BCUT2D eigenvalue weighted by molar-refractivity contribution is -0.123. The van der Waals surface area contributed by atoms with Crippen LogP contribution >= 0.6 is 0 Å². The molecular formula is C27H20N2O2. The lowest BCUT2D eigenvalue weighted by Gasteiger charge is -2.21. The van der Waals surface area contributed by atoms with E-state index in [9.17, 15) is 9.59 Å². The van der Waals surface area contributed by atoms with E-state index in [1.54, 1.807) is 24.4 Å². The third-order valence-corrected chi connectivity index (χ3v) is 6.71. The number of imide groups is 1. The largest absolute Gasteiger partial charge is 0.274 e. The molecule has 2 aromatic carbocycles. The number of hydrogen-bond acceptors (Lipinski definition) is 3. The summed E-state index contributed by atoms with van der Waals surface area (Å²) in [7, 11) is 0. The van der Waals surface area contributed by atoms with E-state index in [0.29, 0.717) is 5.82 Å². The SMILES string of the molecule is O=C1[C@@H]2[C@H](C(=O)N1c1ccccn1)[C@@H]1C=C[C@H]2C1=C(c1ccccc1)c1ccccc1. The summed E-state index contributed by atoms with van der Waals surface area (Å²) in [5, 5.41) is 0. The quantitative estimate of drug-likeness (QED) is 0.477. The van der Waals surface area contributed by atoms with Gasteiger partial charge in [0.15, 0.2) is 0 Å². The summed E-state index contributed by atoms with van der Waals surface area (Å²) >= 11 is 0. The highest BCUT2D eigenvalue weighted by Gasteiger charge is 2.62. The molecule has 4 nitrogen and oxygen atoms in total. The van der Waals surface area contributed by atoms with Gasteiger partial charge in [-0.1, -0.05) is 78.9 Å². The maximum absolute atomic E-state index is 13.4. The standard InChI is InChI=1S/C27H20N2O2/c30-26-24-19-14-15-20(25(24)27(31)29(26)21-13-7-8-16-28-21)23(19)22(17-9-3-1-4-10-17)18-11-5-2-6-12-18/h1-16,19-20,24-25H/t19-,20+,24-,25+. The van der Waals surface area contributed by atoms with Crippen molar-refractivity contribution < 1.29 is 9.59 Å². The first-order valence-electron chi connectivity index (χ1n) is 10.6. The number of benzene rings is 2. The van der Waals surface area contributed by atoms with Crippen LogP contribution in [0.3, 0.4) is 0 Å². The molecule has 0 spiro atoms. The van der Waals surface area contributed by atoms with Gasteiger partial charge in [-0.15, -0.1) is 0 Å². The zero-order chi connectivity index (χ0) is 20.9. The van der Waals surface area contributed by atoms with Crippen molar-refractivity contribution in [3.8, 4) is 0 Å². The van der Waals surface area contributed by atoms with E-state index in [1.165, 1.54) is 10.5 Å². The van der Waals surface area contributed by atoms with Crippen molar-refractivity contribution in [2.45, 2.75) is 0 Å². The van der Waals surface area contributed by atoms with Gasteiger partial charge in [-0.25, -0.2) is 9.88 Å². The van der Waals surface area contributed by atoms with Gasteiger partial charge in [0.25, 0.3) is 0 Å². The maximum atomic E-state index is 13.4. The Bertz CT molecular complexity index is 1160. The number of carbonyl (C=O) groups excluding carboxylic acids is 2. The molecule has 150 valence electrons. The van der Waals surface area contributed by atoms with Crippen LogP contribution in [0.5, 0.6) is 0 Å². The fraction of sp³-hybridized carbons (Fsp3) is 0.148. The van der Waals surface area contributed by atoms with Gasteiger partial charge in [-0.3, -0.25) is 9.59 Å². The van der Waals surface area contributed by atoms with E-state index in [0.717, 1.165) is 16.7 Å². The maximum Gasteiger partial charge on any atom is 0.239 e. The minimum atomic E-state index is -0.359. The molecule has 0 unspecified atom stereocenters. The fourth-order valence-corrected chi connectivity index (χ4v) is 5.52. The predicted octanol–water partition coefficient (Wildman–Crippen LogP) is 4.51. The molecule has 31 heavy (non-hydrogen) atoms. The van der Waals surface area contributed by atoms with E-state index >= 15 is 0 Å². The van der Waals surface area contributed by atoms with Crippen LogP contribution in [0.15, 0.2) is 103 Å². The van der Waals surface area contributed by atoms with E-state index in [1.807, 2.05) is 36.4 Å². The first-order chi connectivity index (χ1) is 15.3. The number of rotatable bonds is 3. The van der Waals surface area contributed by atoms with Gasteiger partial charge in [-0.05, 0) is 34.4 Å². The molecule has 2 bridgehead atoms. The fourth-order valence-electron chi connectivity index (χ4n) is 5.52. The molecule has 0 radical (unpaired) electrons. The van der Waals surface area contributed by atoms with Crippen LogP contribution in [0.1, 0.15) is 11.1 Å². The van der Waals surface area contributed by atoms with Crippen LogP contribution < -0.4 is 4.90 Å². The van der Waals surface area contributed by atoms with E-state index in [-0.39, 0.29) is 35.5 Å². The first kappa shape index (κ1) is 18.0. The Morgan fingerprint density at radius 1 is 0.677 bits per heavy atom. The van der Waals surface area contributed by atoms with Gasteiger partial charge in [0.1, 0.15) is 5.82 Å². The molecule has 2 heterocycles. The third kappa shape index (κ3) is 2.58. The average molecular weight is 404 g/mol. The number of allylic oxidation sites excluding steroid dienone is 3. The molecule has 0 N–H and O–H groups in total. The monoisotopic (exact) mass is 404 g/mol. The zero-order valence-corrected chi connectivity index (χ0v) is 16.8. The summed E-state index contributed by atoms with van der Waals surface area (Å²) in [6.07, 6.45) is 5.87. The predicted molar refractivity (Wildman–Crippen MR) is 119 cm³/mol. The molecule has 1 saturated heterocycles. The van der Waals surface area contributed by atoms with Crippen LogP contribution in [0.25, 0.3) is 5.57 Å². The molecule has 4 heteroatoms. The van der Waals surface area contributed by atoms with Crippen molar-refractivity contribution in [1.82, 2.24) is 4.98 Å². The number of hydrogen-bond donors (Lipinski definition) is 0. The molecule has 3 aliphatic rings. The number of pyridine rings is 1. The summed E-state index contributed by atoms with van der Waals surface area (Å²) in [6, 6.07) is 25.9. The minimum Gasteiger partial charge on any atom is -0.274 e. The lowest BCUT2D eigenvalue weighted by atomic mass is 9.85. The molecule has 4 atom stereocenters. The molecule has 2 fully saturated rings. The number of amides is 2. The molecule has 6 rings (SSSR count). The molecule has 2 aliphatic carbocycles. The van der Waals surface area contributed by atoms with Gasteiger partial charge < -0.3 is 0 Å². The summed E-state index contributed by atoms with van der Waals surface area (Å²) < 4.78 is 0. The van der Waals surface area contributed by atoms with Gasteiger partial charge in [-0.2, -0.15) is 0 Å². The van der Waals surface area contributed by atoms with Crippen molar-refractivity contribution >= 4 is 23.2 Å². The van der Waals surface area contributed by atoms with Crippen LogP contribution in [0.4, 0.5) is 5.82 Å². The highest BCUT2D eigenvalue weighted by atomic mass is 16.2. The van der Waals surface area contributed by atoms with Crippen LogP contribution in [0.2, 0.25) is 0 Å². The van der Waals surface area contributed by atoms with E-state index in [4.69, 9.17) is 0 Å². The highest BCUT2D eigenvalue weighted by Crippen LogP contribution is 2.58. The van der Waals surface area contributed by atoms with Crippen molar-refractivity contribution in [3.05, 3.63) is 114 Å². The van der Waals surface area contributed by atoms with Gasteiger partial charge >= 0.3 is 0 Å². The summed E-state index contributed by atoms with van der Waals surface area (Å²) in [5.41, 5.74) is 4.56. The Morgan fingerprint density at radius 3 is 1.68 bits per heavy atom. The summed E-state index contributed by atoms with van der Waals surface area (Å²) in [6.45, 7) is 0. The average Bonchev–Trinajstić information content (AvgIpc) is 3.45. The third-order valence-electron chi connectivity index (χ3n) is 6.71. The Hall–Kier alpha value is -3.79. The number of aromatic nitrogens is 1. The van der Waals surface area contributed by atoms with Gasteiger partial charge in [0.05, 0.1) is 11.8 Å². The Balaban J connectivity index is 1.50. The second-order valence-electron chi connectivity index (χ2n) is 8.25. The molecule has 3 aromatic rings. The minimum absolute atomic E-state index is 0.0735. The smallest absolute Gasteiger partial charge is 0.239 e. The molecule has 2 amide bonds. The number of carbonyl (C=O) groups is 2. The topological polar surface area (TPSA) is 50.3 Å². The summed E-state index contributed by atoms with van der Waals surface area (Å²) in [5.74, 6) is -0.717. The molecular weight excluding hydrogens is 384 g/mol. The highest BCUT2D eigenvalue weighted by molar-refractivity contribution is 6.23. The second-order valence-corrected chi connectivity index (χ2v) is 8.25.